The monoisotopic (exact) mass is 442 g/mol. The number of hydrogen-bond acceptors (Lipinski definition) is 3. The number of hydrogen-bond donors (Lipinski definition) is 1. The highest BCUT2D eigenvalue weighted by molar-refractivity contribution is 7.92. The number of halogens is 2. The number of nitrogens with zero attached hydrogens (tertiary/aromatic N) is 1. The Hall–Kier alpha value is -1.76. The fraction of sp³-hybridized carbons (Fsp3) is 0.350. The number of benzene rings is 2. The zero-order valence-electron chi connectivity index (χ0n) is 15.9. The second kappa shape index (κ2) is 10.1. The topological polar surface area (TPSA) is 66.5 Å². The lowest BCUT2D eigenvalue weighted by Crippen LogP contribution is -2.41. The quantitative estimate of drug-likeness (QED) is 0.566. The van der Waals surface area contributed by atoms with Crippen LogP contribution in [0.2, 0.25) is 10.0 Å². The van der Waals surface area contributed by atoms with Crippen LogP contribution in [0.25, 0.3) is 0 Å². The van der Waals surface area contributed by atoms with Crippen LogP contribution in [0.15, 0.2) is 47.4 Å². The van der Waals surface area contributed by atoms with Crippen molar-refractivity contribution in [3.63, 3.8) is 0 Å². The van der Waals surface area contributed by atoms with E-state index in [0.29, 0.717) is 6.54 Å². The lowest BCUT2D eigenvalue weighted by molar-refractivity contribution is -0.119. The molecule has 0 heterocycles. The van der Waals surface area contributed by atoms with Gasteiger partial charge >= 0.3 is 0 Å². The molecule has 0 spiro atoms. The van der Waals surface area contributed by atoms with E-state index in [2.05, 4.69) is 12.2 Å². The van der Waals surface area contributed by atoms with Gasteiger partial charge in [-0.1, -0.05) is 60.7 Å². The number of anilines is 1. The van der Waals surface area contributed by atoms with Gasteiger partial charge in [0.1, 0.15) is 6.54 Å². The van der Waals surface area contributed by atoms with Crippen LogP contribution in [0.5, 0.6) is 0 Å². The van der Waals surface area contributed by atoms with Crippen LogP contribution in [0, 0.1) is 6.92 Å². The summed E-state index contributed by atoms with van der Waals surface area (Å²) < 4.78 is 27.5. The first-order valence-corrected chi connectivity index (χ1v) is 11.3. The van der Waals surface area contributed by atoms with E-state index in [0.717, 1.165) is 29.1 Å². The first-order chi connectivity index (χ1) is 13.2. The van der Waals surface area contributed by atoms with Crippen LogP contribution in [0.4, 0.5) is 5.69 Å². The Bertz CT molecular complexity index is 895. The molecule has 0 unspecified atom stereocenters. The summed E-state index contributed by atoms with van der Waals surface area (Å²) in [7, 11) is -3.98. The first kappa shape index (κ1) is 22.5. The maximum Gasteiger partial charge on any atom is 0.264 e. The molecule has 0 saturated heterocycles. The molecule has 8 heteroatoms. The van der Waals surface area contributed by atoms with Crippen molar-refractivity contribution in [1.29, 1.82) is 0 Å². The van der Waals surface area contributed by atoms with Gasteiger partial charge < -0.3 is 5.32 Å². The number of rotatable bonds is 9. The molecule has 152 valence electrons. The minimum absolute atomic E-state index is 0.0907. The van der Waals surface area contributed by atoms with Gasteiger partial charge in [0.05, 0.1) is 10.6 Å². The third kappa shape index (κ3) is 6.12. The van der Waals surface area contributed by atoms with E-state index in [1.807, 2.05) is 6.92 Å². The molecule has 0 aliphatic rings. The molecular formula is C20H24Cl2N2O3S. The molecule has 28 heavy (non-hydrogen) atoms. The van der Waals surface area contributed by atoms with Gasteiger partial charge in [0.15, 0.2) is 0 Å². The summed E-state index contributed by atoms with van der Waals surface area (Å²) in [6.45, 7) is 4.08. The molecule has 2 rings (SSSR count). The average molecular weight is 443 g/mol. The molecule has 5 nitrogen and oxygen atoms in total. The zero-order chi connectivity index (χ0) is 20.7. The smallest absolute Gasteiger partial charge is 0.264 e. The first-order valence-electron chi connectivity index (χ1n) is 9.06. The third-order valence-corrected chi connectivity index (χ3v) is 6.36. The van der Waals surface area contributed by atoms with Crippen molar-refractivity contribution < 1.29 is 13.2 Å². The normalized spacial score (nSPS) is 11.3. The van der Waals surface area contributed by atoms with Gasteiger partial charge in [-0.25, -0.2) is 8.42 Å². The predicted molar refractivity (Wildman–Crippen MR) is 115 cm³/mol. The van der Waals surface area contributed by atoms with Gasteiger partial charge in [-0.05, 0) is 43.7 Å². The Morgan fingerprint density at radius 3 is 2.21 bits per heavy atom. The fourth-order valence-electron chi connectivity index (χ4n) is 2.62. The molecule has 1 N–H and O–H groups in total. The molecular weight excluding hydrogens is 419 g/mol. The standard InChI is InChI=1S/C20H24Cl2N2O3S/c1-3-4-5-10-23-20(25)14-24(18-12-16(21)11-17(22)13-18)28(26,27)19-8-6-15(2)7-9-19/h6-9,11-13H,3-5,10,14H2,1-2H3,(H,23,25). The van der Waals surface area contributed by atoms with Gasteiger partial charge in [0.2, 0.25) is 5.91 Å². The fourth-order valence-corrected chi connectivity index (χ4v) is 4.54. The molecule has 0 saturated carbocycles. The summed E-state index contributed by atoms with van der Waals surface area (Å²) in [5.41, 5.74) is 1.17. The van der Waals surface area contributed by atoms with Crippen molar-refractivity contribution in [3.05, 3.63) is 58.1 Å². The molecule has 0 aromatic heterocycles. The summed E-state index contributed by atoms with van der Waals surface area (Å²) in [6, 6.07) is 10.9. The van der Waals surface area contributed by atoms with Crippen molar-refractivity contribution >= 4 is 44.8 Å². The van der Waals surface area contributed by atoms with Gasteiger partial charge in [-0.2, -0.15) is 0 Å². The number of amides is 1. The summed E-state index contributed by atoms with van der Waals surface area (Å²) in [5, 5.41) is 3.34. The second-order valence-corrected chi connectivity index (χ2v) is 9.24. The van der Waals surface area contributed by atoms with E-state index in [-0.39, 0.29) is 33.1 Å². The summed E-state index contributed by atoms with van der Waals surface area (Å²) in [6.07, 6.45) is 2.87. The van der Waals surface area contributed by atoms with Crippen LogP contribution < -0.4 is 9.62 Å². The van der Waals surface area contributed by atoms with Crippen molar-refractivity contribution in [2.45, 2.75) is 38.0 Å². The maximum absolute atomic E-state index is 13.2. The Labute approximate surface area is 176 Å². The Morgan fingerprint density at radius 2 is 1.64 bits per heavy atom. The predicted octanol–water partition coefficient (Wildman–Crippen LogP) is 4.80. The van der Waals surface area contributed by atoms with Crippen molar-refractivity contribution in [2.75, 3.05) is 17.4 Å². The maximum atomic E-state index is 13.2. The summed E-state index contributed by atoms with van der Waals surface area (Å²) in [4.78, 5) is 12.5. The van der Waals surface area contributed by atoms with Crippen LogP contribution in [0.1, 0.15) is 31.7 Å². The highest BCUT2D eigenvalue weighted by Gasteiger charge is 2.27. The summed E-state index contributed by atoms with van der Waals surface area (Å²) >= 11 is 12.1. The number of carbonyl (C=O) groups excluding carboxylic acids is 1. The van der Waals surface area contributed by atoms with Gasteiger partial charge in [-0.3, -0.25) is 9.10 Å². The lowest BCUT2D eigenvalue weighted by atomic mass is 10.2. The van der Waals surface area contributed by atoms with Crippen LogP contribution >= 0.6 is 23.2 Å². The number of nitrogens with one attached hydrogen (secondary N) is 1. The molecule has 2 aromatic carbocycles. The lowest BCUT2D eigenvalue weighted by Gasteiger charge is -2.24. The molecule has 0 aliphatic heterocycles. The zero-order valence-corrected chi connectivity index (χ0v) is 18.2. The van der Waals surface area contributed by atoms with Crippen molar-refractivity contribution in [1.82, 2.24) is 5.32 Å². The Kier molecular flexibility index (Phi) is 8.16. The highest BCUT2D eigenvalue weighted by Crippen LogP contribution is 2.29. The second-order valence-electron chi connectivity index (χ2n) is 6.51. The molecule has 2 aromatic rings. The molecule has 0 aliphatic carbocycles. The van der Waals surface area contributed by atoms with E-state index in [4.69, 9.17) is 23.2 Å². The number of carbonyl (C=O) groups is 1. The van der Waals surface area contributed by atoms with Gasteiger partial charge in [0.25, 0.3) is 10.0 Å². The SMILES string of the molecule is CCCCCNC(=O)CN(c1cc(Cl)cc(Cl)c1)S(=O)(=O)c1ccc(C)cc1. The molecule has 0 bridgehead atoms. The summed E-state index contributed by atoms with van der Waals surface area (Å²) in [5.74, 6) is -0.386. The molecule has 0 radical (unpaired) electrons. The number of sulfonamides is 1. The number of aryl methyl sites for hydroxylation is 1. The van der Waals surface area contributed by atoms with Gasteiger partial charge in [-0.15, -0.1) is 0 Å². The van der Waals surface area contributed by atoms with E-state index in [1.54, 1.807) is 12.1 Å². The Balaban J connectivity index is 2.35. The van der Waals surface area contributed by atoms with E-state index < -0.39 is 10.0 Å². The van der Waals surface area contributed by atoms with Crippen molar-refractivity contribution in [3.8, 4) is 0 Å². The molecule has 0 fully saturated rings. The van der Waals surface area contributed by atoms with E-state index >= 15 is 0 Å². The largest absolute Gasteiger partial charge is 0.355 e. The van der Waals surface area contributed by atoms with E-state index in [1.165, 1.54) is 30.3 Å². The minimum Gasteiger partial charge on any atom is -0.355 e. The average Bonchev–Trinajstić information content (AvgIpc) is 2.62. The van der Waals surface area contributed by atoms with Crippen LogP contribution in [0.3, 0.4) is 0 Å². The van der Waals surface area contributed by atoms with Crippen LogP contribution in [-0.2, 0) is 14.8 Å². The highest BCUT2D eigenvalue weighted by atomic mass is 35.5. The van der Waals surface area contributed by atoms with E-state index in [9.17, 15) is 13.2 Å². The van der Waals surface area contributed by atoms with Gasteiger partial charge in [0, 0.05) is 16.6 Å². The Morgan fingerprint density at radius 1 is 1.04 bits per heavy atom. The third-order valence-electron chi connectivity index (χ3n) is 4.13. The molecule has 0 atom stereocenters. The number of unbranched alkanes of at least 4 members (excludes halogenated alkanes) is 2. The molecule has 1 amide bonds. The van der Waals surface area contributed by atoms with Crippen LogP contribution in [-0.4, -0.2) is 27.4 Å². The minimum atomic E-state index is -3.98. The van der Waals surface area contributed by atoms with Crippen molar-refractivity contribution in [2.24, 2.45) is 0 Å².